The zero-order chi connectivity index (χ0) is 23.5. The lowest BCUT2D eigenvalue weighted by molar-refractivity contribution is 0.0926. The minimum atomic E-state index is -0.0623. The van der Waals surface area contributed by atoms with Gasteiger partial charge in [0.05, 0.1) is 11.6 Å². The van der Waals surface area contributed by atoms with Crippen molar-refractivity contribution >= 4 is 17.4 Å². The molecule has 2 heterocycles. The molecule has 2 aromatic heterocycles. The van der Waals surface area contributed by atoms with Crippen molar-refractivity contribution in [2.45, 2.75) is 75.9 Å². The van der Waals surface area contributed by atoms with Crippen molar-refractivity contribution in [3.63, 3.8) is 0 Å². The van der Waals surface area contributed by atoms with E-state index in [0.29, 0.717) is 17.2 Å². The van der Waals surface area contributed by atoms with Crippen molar-refractivity contribution in [3.05, 3.63) is 53.7 Å². The van der Waals surface area contributed by atoms with Crippen LogP contribution in [-0.2, 0) is 0 Å². The number of hydrogen-bond donors (Lipinski definition) is 3. The molecule has 1 amide bonds. The molecular formula is C27H32N6O. The topological polar surface area (TPSA) is 108 Å². The molecule has 2 aliphatic carbocycles. The van der Waals surface area contributed by atoms with Gasteiger partial charge in [-0.2, -0.15) is 5.26 Å². The Balaban J connectivity index is 1.46. The predicted octanol–water partition coefficient (Wildman–Crippen LogP) is 4.62. The molecule has 0 saturated heterocycles. The molecule has 0 bridgehead atoms. The van der Waals surface area contributed by atoms with E-state index in [4.69, 9.17) is 10.7 Å². The Hall–Kier alpha value is -3.37. The fourth-order valence-corrected chi connectivity index (χ4v) is 5.20. The zero-order valence-corrected chi connectivity index (χ0v) is 19.5. The maximum Gasteiger partial charge on any atom is 0.251 e. The van der Waals surface area contributed by atoms with E-state index in [-0.39, 0.29) is 18.0 Å². The third-order valence-corrected chi connectivity index (χ3v) is 7.23. The van der Waals surface area contributed by atoms with Crippen LogP contribution < -0.4 is 16.4 Å². The number of anilines is 1. The molecule has 5 rings (SSSR count). The SMILES string of the molecule is N#Cc1ccc(-c2nc3cc(C(=O)NC4CCC(N)CC4)ccn3c2NC2CCCCC2)cc1. The standard InChI is InChI=1S/C27H32N6O/c28-17-18-6-8-19(9-7-18)25-26(30-22-4-2-1-3-5-22)33-15-14-20(16-24(33)32-25)27(34)31-23-12-10-21(29)11-13-23/h6-9,14-16,21-23,30H,1-5,10-13,29H2,(H,31,34). The average Bonchev–Trinajstić information content (AvgIpc) is 3.23. The van der Waals surface area contributed by atoms with E-state index in [0.717, 1.165) is 61.2 Å². The first-order chi connectivity index (χ1) is 16.6. The summed E-state index contributed by atoms with van der Waals surface area (Å²) in [6, 6.07) is 14.3. The molecule has 176 valence electrons. The van der Waals surface area contributed by atoms with Gasteiger partial charge in [-0.15, -0.1) is 0 Å². The predicted molar refractivity (Wildman–Crippen MR) is 134 cm³/mol. The molecular weight excluding hydrogens is 424 g/mol. The van der Waals surface area contributed by atoms with Crippen LogP contribution in [0.25, 0.3) is 16.9 Å². The maximum absolute atomic E-state index is 13.0. The zero-order valence-electron chi connectivity index (χ0n) is 19.5. The second-order valence-electron chi connectivity index (χ2n) is 9.71. The third-order valence-electron chi connectivity index (χ3n) is 7.23. The van der Waals surface area contributed by atoms with Gasteiger partial charge in [0.2, 0.25) is 0 Å². The highest BCUT2D eigenvalue weighted by molar-refractivity contribution is 5.95. The van der Waals surface area contributed by atoms with Crippen LogP contribution in [0.15, 0.2) is 42.6 Å². The fourth-order valence-electron chi connectivity index (χ4n) is 5.20. The van der Waals surface area contributed by atoms with Gasteiger partial charge in [-0.1, -0.05) is 31.4 Å². The van der Waals surface area contributed by atoms with Crippen molar-refractivity contribution in [1.29, 1.82) is 5.26 Å². The van der Waals surface area contributed by atoms with Crippen LogP contribution in [0.1, 0.15) is 73.7 Å². The van der Waals surface area contributed by atoms with Crippen LogP contribution in [0.2, 0.25) is 0 Å². The molecule has 0 radical (unpaired) electrons. The van der Waals surface area contributed by atoms with Gasteiger partial charge >= 0.3 is 0 Å². The first-order valence-corrected chi connectivity index (χ1v) is 12.5. The number of nitrogens with zero attached hydrogens (tertiary/aromatic N) is 3. The van der Waals surface area contributed by atoms with E-state index in [9.17, 15) is 10.1 Å². The van der Waals surface area contributed by atoms with E-state index < -0.39 is 0 Å². The second-order valence-corrected chi connectivity index (χ2v) is 9.71. The summed E-state index contributed by atoms with van der Waals surface area (Å²) < 4.78 is 2.04. The van der Waals surface area contributed by atoms with E-state index in [2.05, 4.69) is 16.7 Å². The monoisotopic (exact) mass is 456 g/mol. The normalized spacial score (nSPS) is 21.2. The lowest BCUT2D eigenvalue weighted by Crippen LogP contribution is -2.40. The Bertz CT molecular complexity index is 1190. The molecule has 7 nitrogen and oxygen atoms in total. The molecule has 3 aromatic rings. The number of imidazole rings is 1. The van der Waals surface area contributed by atoms with E-state index >= 15 is 0 Å². The molecule has 0 spiro atoms. The fraction of sp³-hybridized carbons (Fsp3) is 0.444. The maximum atomic E-state index is 13.0. The largest absolute Gasteiger partial charge is 0.367 e. The number of nitrogens with one attached hydrogen (secondary N) is 2. The summed E-state index contributed by atoms with van der Waals surface area (Å²) >= 11 is 0. The van der Waals surface area contributed by atoms with Crippen LogP contribution in [0.3, 0.4) is 0 Å². The first kappa shape index (κ1) is 22.4. The van der Waals surface area contributed by atoms with Crippen molar-refractivity contribution in [2.24, 2.45) is 5.73 Å². The number of nitriles is 1. The average molecular weight is 457 g/mol. The summed E-state index contributed by atoms with van der Waals surface area (Å²) in [5.41, 5.74) is 9.76. The van der Waals surface area contributed by atoms with Crippen LogP contribution in [0.4, 0.5) is 5.82 Å². The quantitative estimate of drug-likeness (QED) is 0.519. The van der Waals surface area contributed by atoms with Gasteiger partial charge in [-0.3, -0.25) is 9.20 Å². The first-order valence-electron chi connectivity index (χ1n) is 12.5. The number of benzene rings is 1. The Labute approximate surface area is 200 Å². The Morgan fingerprint density at radius 3 is 2.44 bits per heavy atom. The number of carbonyl (C=O) groups is 1. The van der Waals surface area contributed by atoms with Crippen LogP contribution in [0.5, 0.6) is 0 Å². The molecule has 34 heavy (non-hydrogen) atoms. The minimum absolute atomic E-state index is 0.0623. The van der Waals surface area contributed by atoms with Gasteiger partial charge in [0.1, 0.15) is 17.2 Å². The van der Waals surface area contributed by atoms with E-state index in [1.807, 2.05) is 47.0 Å². The molecule has 0 atom stereocenters. The smallest absolute Gasteiger partial charge is 0.251 e. The van der Waals surface area contributed by atoms with E-state index in [1.54, 1.807) is 0 Å². The Morgan fingerprint density at radius 2 is 1.74 bits per heavy atom. The van der Waals surface area contributed by atoms with Crippen molar-refractivity contribution in [1.82, 2.24) is 14.7 Å². The molecule has 2 saturated carbocycles. The second kappa shape index (κ2) is 9.86. The molecule has 1 aromatic carbocycles. The van der Waals surface area contributed by atoms with Crippen LogP contribution in [0, 0.1) is 11.3 Å². The number of fused-ring (bicyclic) bond motifs is 1. The number of pyridine rings is 1. The van der Waals surface area contributed by atoms with Gasteiger partial charge < -0.3 is 16.4 Å². The highest BCUT2D eigenvalue weighted by Crippen LogP contribution is 2.32. The van der Waals surface area contributed by atoms with Crippen LogP contribution in [-0.4, -0.2) is 33.4 Å². The summed E-state index contributed by atoms with van der Waals surface area (Å²) in [7, 11) is 0. The number of nitrogens with two attached hydrogens (primary N) is 1. The lowest BCUT2D eigenvalue weighted by Gasteiger charge is -2.26. The summed E-state index contributed by atoms with van der Waals surface area (Å²) in [5, 5.41) is 16.1. The molecule has 2 aliphatic rings. The number of rotatable bonds is 5. The number of hydrogen-bond acceptors (Lipinski definition) is 5. The summed E-state index contributed by atoms with van der Waals surface area (Å²) in [6.45, 7) is 0. The number of aromatic nitrogens is 2. The Kier molecular flexibility index (Phi) is 6.50. The highest BCUT2D eigenvalue weighted by atomic mass is 16.1. The number of carbonyl (C=O) groups excluding carboxylic acids is 1. The summed E-state index contributed by atoms with van der Waals surface area (Å²) in [5.74, 6) is 0.882. The van der Waals surface area contributed by atoms with Gasteiger partial charge in [-0.05, 0) is 62.8 Å². The van der Waals surface area contributed by atoms with Crippen molar-refractivity contribution in [2.75, 3.05) is 5.32 Å². The van der Waals surface area contributed by atoms with Gasteiger partial charge in [0.15, 0.2) is 0 Å². The molecule has 7 heteroatoms. The van der Waals surface area contributed by atoms with Crippen LogP contribution >= 0.6 is 0 Å². The molecule has 2 fully saturated rings. The number of amides is 1. The lowest BCUT2D eigenvalue weighted by atomic mass is 9.91. The van der Waals surface area contributed by atoms with E-state index in [1.165, 1.54) is 19.3 Å². The minimum Gasteiger partial charge on any atom is -0.367 e. The van der Waals surface area contributed by atoms with Gasteiger partial charge in [0, 0.05) is 35.4 Å². The van der Waals surface area contributed by atoms with Crippen molar-refractivity contribution < 1.29 is 4.79 Å². The molecule has 4 N–H and O–H groups in total. The molecule has 0 aliphatic heterocycles. The third kappa shape index (κ3) is 4.78. The van der Waals surface area contributed by atoms with Gasteiger partial charge in [-0.25, -0.2) is 4.98 Å². The van der Waals surface area contributed by atoms with Gasteiger partial charge in [0.25, 0.3) is 5.91 Å². The highest BCUT2D eigenvalue weighted by Gasteiger charge is 2.23. The van der Waals surface area contributed by atoms with Crippen molar-refractivity contribution in [3.8, 4) is 17.3 Å². The molecule has 0 unspecified atom stereocenters. The summed E-state index contributed by atoms with van der Waals surface area (Å²) in [6.07, 6.45) is 11.7. The Morgan fingerprint density at radius 1 is 1.00 bits per heavy atom. The summed E-state index contributed by atoms with van der Waals surface area (Å²) in [4.78, 5) is 17.9.